The van der Waals surface area contributed by atoms with Gasteiger partial charge in [0.15, 0.2) is 0 Å². The number of pyridine rings is 1. The normalized spacial score (nSPS) is 14.5. The van der Waals surface area contributed by atoms with E-state index in [0.717, 1.165) is 26.6 Å². The van der Waals surface area contributed by atoms with Gasteiger partial charge in [-0.25, -0.2) is 4.98 Å². The van der Waals surface area contributed by atoms with Gasteiger partial charge < -0.3 is 5.32 Å². The van der Waals surface area contributed by atoms with E-state index in [4.69, 9.17) is 0 Å². The van der Waals surface area contributed by atoms with Crippen LogP contribution < -0.4 is 5.32 Å². The average Bonchev–Trinajstić information content (AvgIpc) is 3.26. The minimum absolute atomic E-state index is 0.745. The minimum atomic E-state index is 0.745. The number of rotatable bonds is 5. The molecule has 1 aliphatic carbocycles. The summed E-state index contributed by atoms with van der Waals surface area (Å²) in [4.78, 5) is 5.58. The van der Waals surface area contributed by atoms with Gasteiger partial charge in [-0.1, -0.05) is 17.8 Å². The minimum Gasteiger partial charge on any atom is -0.310 e. The largest absolute Gasteiger partial charge is 0.310 e. The fourth-order valence-corrected chi connectivity index (χ4v) is 3.48. The Balaban J connectivity index is 1.68. The third-order valence-electron chi connectivity index (χ3n) is 3.08. The standard InChI is InChI=1S/C15H14Br2N2S/c16-11-2-6-15(19-9-11)20-14-5-1-10(7-13(14)17)8-18-12-3-4-12/h1-2,5-7,9,12,18H,3-4,8H2. The zero-order valence-corrected chi connectivity index (χ0v) is 14.8. The molecule has 1 aliphatic rings. The van der Waals surface area contributed by atoms with E-state index in [2.05, 4.69) is 60.4 Å². The lowest BCUT2D eigenvalue weighted by Gasteiger charge is -2.08. The van der Waals surface area contributed by atoms with Crippen LogP contribution in [0.25, 0.3) is 0 Å². The van der Waals surface area contributed by atoms with E-state index in [-0.39, 0.29) is 0 Å². The van der Waals surface area contributed by atoms with E-state index < -0.39 is 0 Å². The van der Waals surface area contributed by atoms with Crippen LogP contribution in [0.5, 0.6) is 0 Å². The van der Waals surface area contributed by atoms with Crippen LogP contribution in [0.15, 0.2) is 55.4 Å². The van der Waals surface area contributed by atoms with Crippen molar-refractivity contribution < 1.29 is 0 Å². The topological polar surface area (TPSA) is 24.9 Å². The van der Waals surface area contributed by atoms with Crippen molar-refractivity contribution in [3.63, 3.8) is 0 Å². The van der Waals surface area contributed by atoms with E-state index >= 15 is 0 Å². The molecule has 1 N–H and O–H groups in total. The summed E-state index contributed by atoms with van der Waals surface area (Å²) in [5, 5.41) is 4.53. The lowest BCUT2D eigenvalue weighted by atomic mass is 10.2. The Morgan fingerprint density at radius 1 is 1.20 bits per heavy atom. The zero-order chi connectivity index (χ0) is 13.9. The third-order valence-corrected chi connectivity index (χ3v) is 5.50. The number of hydrogen-bond acceptors (Lipinski definition) is 3. The molecule has 0 amide bonds. The second kappa shape index (κ2) is 6.60. The van der Waals surface area contributed by atoms with Crippen LogP contribution in [0.1, 0.15) is 18.4 Å². The number of nitrogens with zero attached hydrogens (tertiary/aromatic N) is 1. The van der Waals surface area contributed by atoms with E-state index in [1.54, 1.807) is 11.8 Å². The van der Waals surface area contributed by atoms with Crippen molar-refractivity contribution in [1.29, 1.82) is 0 Å². The Hall–Kier alpha value is -0.360. The van der Waals surface area contributed by atoms with Gasteiger partial charge >= 0.3 is 0 Å². The van der Waals surface area contributed by atoms with Crippen LogP contribution >= 0.6 is 43.6 Å². The fourth-order valence-electron chi connectivity index (χ4n) is 1.82. The highest BCUT2D eigenvalue weighted by atomic mass is 79.9. The predicted molar refractivity (Wildman–Crippen MR) is 90.1 cm³/mol. The zero-order valence-electron chi connectivity index (χ0n) is 10.8. The summed E-state index contributed by atoms with van der Waals surface area (Å²) >= 11 is 8.73. The summed E-state index contributed by atoms with van der Waals surface area (Å²) in [5.41, 5.74) is 1.32. The lowest BCUT2D eigenvalue weighted by Crippen LogP contribution is -2.15. The molecule has 0 saturated heterocycles. The van der Waals surface area contributed by atoms with Crippen molar-refractivity contribution >= 4 is 43.6 Å². The van der Waals surface area contributed by atoms with E-state index in [9.17, 15) is 0 Å². The Labute approximate surface area is 140 Å². The summed E-state index contributed by atoms with van der Waals surface area (Å²) in [7, 11) is 0. The molecule has 1 fully saturated rings. The van der Waals surface area contributed by atoms with Crippen molar-refractivity contribution in [1.82, 2.24) is 10.3 Å². The molecule has 1 heterocycles. The first-order valence-corrected chi connectivity index (χ1v) is 8.92. The Bertz CT molecular complexity index is 597. The highest BCUT2D eigenvalue weighted by Gasteiger charge is 2.19. The average molecular weight is 414 g/mol. The molecular formula is C15H14Br2N2S. The van der Waals surface area contributed by atoms with Crippen molar-refractivity contribution in [3.05, 3.63) is 51.0 Å². The molecular weight excluding hydrogens is 400 g/mol. The molecule has 0 aliphatic heterocycles. The second-order valence-electron chi connectivity index (χ2n) is 4.84. The number of nitrogens with one attached hydrogen (secondary N) is 1. The van der Waals surface area contributed by atoms with Gasteiger partial charge in [0, 0.05) is 32.6 Å². The molecule has 3 rings (SSSR count). The molecule has 1 aromatic heterocycles. The van der Waals surface area contributed by atoms with Crippen molar-refractivity contribution in [2.45, 2.75) is 35.3 Å². The van der Waals surface area contributed by atoms with Gasteiger partial charge in [-0.2, -0.15) is 0 Å². The molecule has 0 unspecified atom stereocenters. The maximum absolute atomic E-state index is 4.39. The summed E-state index contributed by atoms with van der Waals surface area (Å²) in [6.45, 7) is 0.949. The Morgan fingerprint density at radius 3 is 2.70 bits per heavy atom. The van der Waals surface area contributed by atoms with Gasteiger partial charge in [0.2, 0.25) is 0 Å². The van der Waals surface area contributed by atoms with Crippen LogP contribution in [-0.2, 0) is 6.54 Å². The molecule has 2 nitrogen and oxygen atoms in total. The maximum Gasteiger partial charge on any atom is 0.101 e. The van der Waals surface area contributed by atoms with E-state index in [1.807, 2.05) is 18.3 Å². The van der Waals surface area contributed by atoms with Gasteiger partial charge in [-0.15, -0.1) is 0 Å². The molecule has 0 atom stereocenters. The van der Waals surface area contributed by atoms with Gasteiger partial charge in [0.05, 0.1) is 0 Å². The van der Waals surface area contributed by atoms with Crippen molar-refractivity contribution in [2.75, 3.05) is 0 Å². The summed E-state index contributed by atoms with van der Waals surface area (Å²) < 4.78 is 2.13. The first-order valence-electron chi connectivity index (χ1n) is 6.52. The number of benzene rings is 1. The first-order chi connectivity index (χ1) is 9.70. The third kappa shape index (κ3) is 4.07. The highest BCUT2D eigenvalue weighted by Crippen LogP contribution is 2.33. The first kappa shape index (κ1) is 14.6. The second-order valence-corrected chi connectivity index (χ2v) is 7.67. The van der Waals surface area contributed by atoms with E-state index in [0.29, 0.717) is 0 Å². The number of aromatic nitrogens is 1. The molecule has 0 radical (unpaired) electrons. The van der Waals surface area contributed by atoms with Gasteiger partial charge in [0.25, 0.3) is 0 Å². The smallest absolute Gasteiger partial charge is 0.101 e. The van der Waals surface area contributed by atoms with Gasteiger partial charge in [-0.05, 0) is 74.5 Å². The Kier molecular flexibility index (Phi) is 4.81. The maximum atomic E-state index is 4.39. The van der Waals surface area contributed by atoms with Crippen LogP contribution in [0.2, 0.25) is 0 Å². The monoisotopic (exact) mass is 412 g/mol. The molecule has 1 saturated carbocycles. The molecule has 20 heavy (non-hydrogen) atoms. The molecule has 0 bridgehead atoms. The summed E-state index contributed by atoms with van der Waals surface area (Å²) in [6.07, 6.45) is 4.47. The molecule has 0 spiro atoms. The summed E-state index contributed by atoms with van der Waals surface area (Å²) in [5.74, 6) is 0. The van der Waals surface area contributed by atoms with Gasteiger partial charge in [-0.3, -0.25) is 0 Å². The van der Waals surface area contributed by atoms with Crippen molar-refractivity contribution in [3.8, 4) is 0 Å². The quantitative estimate of drug-likeness (QED) is 0.745. The predicted octanol–water partition coefficient (Wildman–Crippen LogP) is 5.01. The van der Waals surface area contributed by atoms with Crippen LogP contribution in [0.4, 0.5) is 0 Å². The highest BCUT2D eigenvalue weighted by molar-refractivity contribution is 9.10. The Morgan fingerprint density at radius 2 is 2.05 bits per heavy atom. The molecule has 1 aromatic carbocycles. The molecule has 2 aromatic rings. The van der Waals surface area contributed by atoms with E-state index in [1.165, 1.54) is 23.3 Å². The fraction of sp³-hybridized carbons (Fsp3) is 0.267. The number of halogens is 2. The lowest BCUT2D eigenvalue weighted by molar-refractivity contribution is 0.687. The SMILES string of the molecule is Brc1ccc(Sc2ccc(CNC3CC3)cc2Br)nc1. The van der Waals surface area contributed by atoms with Crippen LogP contribution in [0.3, 0.4) is 0 Å². The van der Waals surface area contributed by atoms with Crippen LogP contribution in [-0.4, -0.2) is 11.0 Å². The molecule has 104 valence electrons. The summed E-state index contributed by atoms with van der Waals surface area (Å²) in [6, 6.07) is 11.3. The van der Waals surface area contributed by atoms with Gasteiger partial charge in [0.1, 0.15) is 5.03 Å². The van der Waals surface area contributed by atoms with Crippen molar-refractivity contribution in [2.24, 2.45) is 0 Å². The van der Waals surface area contributed by atoms with Crippen LogP contribution in [0, 0.1) is 0 Å². The number of hydrogen-bond donors (Lipinski definition) is 1. The molecule has 5 heteroatoms.